The Balaban J connectivity index is 1.49. The Morgan fingerprint density at radius 2 is 1.96 bits per heavy atom. The zero-order chi connectivity index (χ0) is 19.9. The van der Waals surface area contributed by atoms with Crippen molar-refractivity contribution in [1.29, 1.82) is 0 Å². The number of rotatable bonds is 7. The maximum atomic E-state index is 11.9. The maximum absolute atomic E-state index is 11.9. The summed E-state index contributed by atoms with van der Waals surface area (Å²) in [4.78, 5) is 24.9. The zero-order valence-electron chi connectivity index (χ0n) is 14.8. The van der Waals surface area contributed by atoms with E-state index in [-0.39, 0.29) is 6.54 Å². The van der Waals surface area contributed by atoms with Crippen molar-refractivity contribution in [3.63, 3.8) is 0 Å². The number of tetrazole rings is 1. The smallest absolute Gasteiger partial charge is 0.330 e. The second-order valence-electron chi connectivity index (χ2n) is 5.59. The van der Waals surface area contributed by atoms with Crippen LogP contribution in [0, 0.1) is 0 Å². The van der Waals surface area contributed by atoms with Crippen LogP contribution in [-0.4, -0.2) is 45.8 Å². The molecular weight excluding hydrogens is 386 g/mol. The van der Waals surface area contributed by atoms with Crippen LogP contribution in [0.4, 0.5) is 5.69 Å². The number of methoxy groups -OCH3 is 1. The first-order valence-electron chi connectivity index (χ1n) is 8.17. The summed E-state index contributed by atoms with van der Waals surface area (Å²) in [6.07, 6.45) is 0. The van der Waals surface area contributed by atoms with Crippen LogP contribution in [-0.2, 0) is 20.9 Å². The molecule has 2 aromatic carbocycles. The standard InChI is InChI=1S/C18H16ClN5O4/c1-27-15-4-2-3-14(9-15)20-16(25)11-28-17(26)10-24-22-18(21-23-24)12-5-7-13(19)8-6-12/h2-9H,10-11H2,1H3,(H,20,25). The molecule has 0 unspecified atom stereocenters. The zero-order valence-corrected chi connectivity index (χ0v) is 15.6. The van der Waals surface area contributed by atoms with Gasteiger partial charge in [0, 0.05) is 22.3 Å². The highest BCUT2D eigenvalue weighted by molar-refractivity contribution is 6.30. The minimum Gasteiger partial charge on any atom is -0.497 e. The van der Waals surface area contributed by atoms with Crippen molar-refractivity contribution >= 4 is 29.2 Å². The van der Waals surface area contributed by atoms with Gasteiger partial charge in [-0.15, -0.1) is 10.2 Å². The molecule has 10 heteroatoms. The Bertz CT molecular complexity index is 974. The number of esters is 1. The molecule has 28 heavy (non-hydrogen) atoms. The Morgan fingerprint density at radius 3 is 2.71 bits per heavy atom. The predicted molar refractivity (Wildman–Crippen MR) is 101 cm³/mol. The van der Waals surface area contributed by atoms with Crippen LogP contribution in [0.1, 0.15) is 0 Å². The lowest BCUT2D eigenvalue weighted by Gasteiger charge is -2.07. The molecule has 0 atom stereocenters. The second-order valence-corrected chi connectivity index (χ2v) is 6.03. The number of nitrogens with zero attached hydrogens (tertiary/aromatic N) is 4. The molecule has 1 N–H and O–H groups in total. The molecule has 0 saturated carbocycles. The van der Waals surface area contributed by atoms with E-state index in [0.717, 1.165) is 4.80 Å². The molecule has 3 aromatic rings. The van der Waals surface area contributed by atoms with Crippen LogP contribution in [0.2, 0.25) is 5.02 Å². The van der Waals surface area contributed by atoms with Gasteiger partial charge < -0.3 is 14.8 Å². The Kier molecular flexibility index (Phi) is 6.18. The average molecular weight is 402 g/mol. The Morgan fingerprint density at radius 1 is 1.18 bits per heavy atom. The first-order valence-corrected chi connectivity index (χ1v) is 8.54. The van der Waals surface area contributed by atoms with E-state index >= 15 is 0 Å². The number of anilines is 1. The lowest BCUT2D eigenvalue weighted by Crippen LogP contribution is -2.23. The fourth-order valence-corrected chi connectivity index (χ4v) is 2.36. The fraction of sp³-hybridized carbons (Fsp3) is 0.167. The molecule has 1 amide bonds. The van der Waals surface area contributed by atoms with Gasteiger partial charge in [0.05, 0.1) is 7.11 Å². The minimum atomic E-state index is -0.666. The van der Waals surface area contributed by atoms with Gasteiger partial charge in [0.15, 0.2) is 13.2 Å². The summed E-state index contributed by atoms with van der Waals surface area (Å²) >= 11 is 5.84. The van der Waals surface area contributed by atoms with Crippen LogP contribution in [0.15, 0.2) is 48.5 Å². The number of aromatic nitrogens is 4. The van der Waals surface area contributed by atoms with E-state index in [9.17, 15) is 9.59 Å². The highest BCUT2D eigenvalue weighted by Gasteiger charge is 2.12. The molecule has 0 saturated heterocycles. The third kappa shape index (κ3) is 5.27. The number of benzene rings is 2. The van der Waals surface area contributed by atoms with Crippen molar-refractivity contribution in [3.8, 4) is 17.1 Å². The summed E-state index contributed by atoms with van der Waals surface area (Å²) in [5, 5.41) is 15.0. The number of hydrogen-bond acceptors (Lipinski definition) is 7. The van der Waals surface area contributed by atoms with Gasteiger partial charge in [-0.3, -0.25) is 4.79 Å². The second kappa shape index (κ2) is 8.96. The summed E-state index contributed by atoms with van der Waals surface area (Å²) in [5.74, 6) is -0.195. The van der Waals surface area contributed by atoms with Gasteiger partial charge in [0.2, 0.25) is 5.82 Å². The molecule has 0 aliphatic heterocycles. The molecule has 1 aromatic heterocycles. The van der Waals surface area contributed by atoms with Crippen molar-refractivity contribution in [2.24, 2.45) is 0 Å². The number of ether oxygens (including phenoxy) is 2. The van der Waals surface area contributed by atoms with Gasteiger partial charge in [-0.05, 0) is 41.6 Å². The van der Waals surface area contributed by atoms with Gasteiger partial charge in [-0.25, -0.2) is 4.79 Å². The fourth-order valence-electron chi connectivity index (χ4n) is 2.23. The molecule has 0 aliphatic rings. The first-order chi connectivity index (χ1) is 13.5. The van der Waals surface area contributed by atoms with E-state index in [4.69, 9.17) is 21.1 Å². The highest BCUT2D eigenvalue weighted by Crippen LogP contribution is 2.17. The molecule has 3 rings (SSSR count). The number of carbonyl (C=O) groups excluding carboxylic acids is 2. The average Bonchev–Trinajstić information content (AvgIpc) is 3.15. The molecule has 1 heterocycles. The molecule has 9 nitrogen and oxygen atoms in total. The molecule has 0 radical (unpaired) electrons. The monoisotopic (exact) mass is 401 g/mol. The quantitative estimate of drug-likeness (QED) is 0.604. The lowest BCUT2D eigenvalue weighted by molar-refractivity contribution is -0.148. The highest BCUT2D eigenvalue weighted by atomic mass is 35.5. The van der Waals surface area contributed by atoms with Gasteiger partial charge in [0.25, 0.3) is 5.91 Å². The summed E-state index contributed by atoms with van der Waals surface area (Å²) in [5.41, 5.74) is 1.24. The van der Waals surface area contributed by atoms with E-state index in [1.54, 1.807) is 48.5 Å². The van der Waals surface area contributed by atoms with Crippen molar-refractivity contribution in [1.82, 2.24) is 20.2 Å². The molecule has 0 aliphatic carbocycles. The van der Waals surface area contributed by atoms with Gasteiger partial charge in [-0.1, -0.05) is 17.7 Å². The number of amides is 1. The van der Waals surface area contributed by atoms with Crippen LogP contribution < -0.4 is 10.1 Å². The van der Waals surface area contributed by atoms with Gasteiger partial charge in [-0.2, -0.15) is 4.80 Å². The van der Waals surface area contributed by atoms with Crippen molar-refractivity contribution in [3.05, 3.63) is 53.6 Å². The predicted octanol–water partition coefficient (Wildman–Crippen LogP) is 2.18. The van der Waals surface area contributed by atoms with E-state index in [1.165, 1.54) is 7.11 Å². The number of hydrogen-bond donors (Lipinski definition) is 1. The molecular formula is C18H16ClN5O4. The van der Waals surface area contributed by atoms with Crippen LogP contribution in [0.25, 0.3) is 11.4 Å². The van der Waals surface area contributed by atoms with Crippen molar-refractivity contribution in [2.45, 2.75) is 6.54 Å². The van der Waals surface area contributed by atoms with E-state index < -0.39 is 18.5 Å². The third-order valence-electron chi connectivity index (χ3n) is 3.54. The molecule has 0 bridgehead atoms. The molecule has 0 fully saturated rings. The normalized spacial score (nSPS) is 10.4. The Labute approximate surface area is 165 Å². The van der Waals surface area contributed by atoms with E-state index in [2.05, 4.69) is 20.7 Å². The van der Waals surface area contributed by atoms with Crippen molar-refractivity contribution in [2.75, 3.05) is 19.0 Å². The Hall–Kier alpha value is -3.46. The molecule has 144 valence electrons. The lowest BCUT2D eigenvalue weighted by atomic mass is 10.2. The van der Waals surface area contributed by atoms with Gasteiger partial charge >= 0.3 is 5.97 Å². The number of carbonyl (C=O) groups is 2. The molecule has 0 spiro atoms. The van der Waals surface area contributed by atoms with E-state index in [0.29, 0.717) is 27.8 Å². The van der Waals surface area contributed by atoms with Crippen LogP contribution in [0.5, 0.6) is 5.75 Å². The summed E-state index contributed by atoms with van der Waals surface area (Å²) < 4.78 is 10.0. The summed E-state index contributed by atoms with van der Waals surface area (Å²) in [7, 11) is 1.53. The minimum absolute atomic E-state index is 0.271. The first kappa shape index (κ1) is 19.3. The number of nitrogens with one attached hydrogen (secondary N) is 1. The number of halogens is 1. The maximum Gasteiger partial charge on any atom is 0.330 e. The van der Waals surface area contributed by atoms with Gasteiger partial charge in [0.1, 0.15) is 5.75 Å². The SMILES string of the molecule is COc1cccc(NC(=O)COC(=O)Cn2nnc(-c3ccc(Cl)cc3)n2)c1. The third-order valence-corrected chi connectivity index (χ3v) is 3.80. The van der Waals surface area contributed by atoms with Crippen molar-refractivity contribution < 1.29 is 19.1 Å². The topological polar surface area (TPSA) is 108 Å². The van der Waals surface area contributed by atoms with Crippen LogP contribution >= 0.6 is 11.6 Å². The summed E-state index contributed by atoms with van der Waals surface area (Å²) in [6.45, 7) is -0.707. The largest absolute Gasteiger partial charge is 0.497 e. The van der Waals surface area contributed by atoms with E-state index in [1.807, 2.05) is 0 Å². The summed E-state index contributed by atoms with van der Waals surface area (Å²) in [6, 6.07) is 13.7. The van der Waals surface area contributed by atoms with Crippen LogP contribution in [0.3, 0.4) is 0 Å².